The maximum absolute atomic E-state index is 5.80. The molecule has 2 N–H and O–H groups in total. The first kappa shape index (κ1) is 16.9. The Labute approximate surface area is 163 Å². The Balaban J connectivity index is 1.48. The molecule has 0 spiro atoms. The molecule has 4 aromatic rings. The zero-order valence-electron chi connectivity index (χ0n) is 15.4. The summed E-state index contributed by atoms with van der Waals surface area (Å²) in [5, 5.41) is 11.9. The Morgan fingerprint density at radius 2 is 1.86 bits per heavy atom. The fourth-order valence-corrected chi connectivity index (χ4v) is 3.72. The number of nitrogens with zero attached hydrogens (tertiary/aromatic N) is 3. The lowest BCUT2D eigenvalue weighted by Gasteiger charge is -2.22. The van der Waals surface area contributed by atoms with Crippen LogP contribution in [0.3, 0.4) is 0 Å². The highest BCUT2D eigenvalue weighted by atomic mass is 16.5. The summed E-state index contributed by atoms with van der Waals surface area (Å²) in [6, 6.07) is 15.8. The summed E-state index contributed by atoms with van der Waals surface area (Å²) in [7, 11) is 0. The van der Waals surface area contributed by atoms with E-state index in [1.54, 1.807) is 6.20 Å². The molecule has 140 valence electrons. The van der Waals surface area contributed by atoms with E-state index < -0.39 is 0 Å². The molecule has 0 atom stereocenters. The largest absolute Gasteiger partial charge is 0.439 e. The number of fused-ring (bicyclic) bond motifs is 1. The summed E-state index contributed by atoms with van der Waals surface area (Å²) in [5.74, 6) is 1.82. The van der Waals surface area contributed by atoms with Gasteiger partial charge in [0, 0.05) is 34.8 Å². The molecule has 1 fully saturated rings. The van der Waals surface area contributed by atoms with Gasteiger partial charge in [-0.25, -0.2) is 4.98 Å². The minimum absolute atomic E-state index is 0.492. The molecular formula is C22H21N5O. The van der Waals surface area contributed by atoms with E-state index in [2.05, 4.69) is 26.6 Å². The highest BCUT2D eigenvalue weighted by Crippen LogP contribution is 2.32. The summed E-state index contributed by atoms with van der Waals surface area (Å²) in [5.41, 5.74) is 4.10. The van der Waals surface area contributed by atoms with Gasteiger partial charge in [-0.1, -0.05) is 6.07 Å². The van der Waals surface area contributed by atoms with Crippen LogP contribution in [0.5, 0.6) is 11.6 Å². The van der Waals surface area contributed by atoms with Crippen molar-refractivity contribution >= 4 is 10.9 Å². The summed E-state index contributed by atoms with van der Waals surface area (Å²) < 4.78 is 5.80. The summed E-state index contributed by atoms with van der Waals surface area (Å²) >= 11 is 0. The lowest BCUT2D eigenvalue weighted by molar-refractivity contribution is 0.454. The molecule has 3 aromatic heterocycles. The van der Waals surface area contributed by atoms with Crippen LogP contribution in [-0.2, 0) is 0 Å². The van der Waals surface area contributed by atoms with E-state index in [9.17, 15) is 0 Å². The van der Waals surface area contributed by atoms with Gasteiger partial charge in [-0.05, 0) is 62.3 Å². The number of hydrogen-bond acceptors (Lipinski definition) is 5. The second-order valence-corrected chi connectivity index (χ2v) is 7.05. The number of benzene rings is 1. The van der Waals surface area contributed by atoms with E-state index in [-0.39, 0.29) is 0 Å². The number of nitrogens with one attached hydrogen (secondary N) is 2. The van der Waals surface area contributed by atoms with Gasteiger partial charge in [-0.2, -0.15) is 5.10 Å². The van der Waals surface area contributed by atoms with Crippen LogP contribution >= 0.6 is 0 Å². The molecule has 5 rings (SSSR count). The summed E-state index contributed by atoms with van der Waals surface area (Å²) in [6.07, 6.45) is 5.83. The first-order chi connectivity index (χ1) is 13.9. The quantitative estimate of drug-likeness (QED) is 0.560. The first-order valence-electron chi connectivity index (χ1n) is 9.61. The van der Waals surface area contributed by atoms with Crippen LogP contribution in [0.1, 0.15) is 24.5 Å². The Bertz CT molecular complexity index is 1070. The van der Waals surface area contributed by atoms with E-state index in [4.69, 9.17) is 9.72 Å². The van der Waals surface area contributed by atoms with Crippen LogP contribution < -0.4 is 10.1 Å². The van der Waals surface area contributed by atoms with Crippen LogP contribution in [0, 0.1) is 0 Å². The lowest BCUT2D eigenvalue weighted by Crippen LogP contribution is -2.27. The summed E-state index contributed by atoms with van der Waals surface area (Å²) in [4.78, 5) is 9.23. The Hall–Kier alpha value is -3.25. The van der Waals surface area contributed by atoms with Gasteiger partial charge in [0.25, 0.3) is 0 Å². The van der Waals surface area contributed by atoms with Crippen LogP contribution in [0.2, 0.25) is 0 Å². The van der Waals surface area contributed by atoms with E-state index in [0.29, 0.717) is 11.8 Å². The van der Waals surface area contributed by atoms with Crippen molar-refractivity contribution in [2.24, 2.45) is 0 Å². The maximum Gasteiger partial charge on any atom is 0.219 e. The number of rotatable bonds is 4. The van der Waals surface area contributed by atoms with Gasteiger partial charge >= 0.3 is 0 Å². The van der Waals surface area contributed by atoms with Gasteiger partial charge < -0.3 is 10.1 Å². The average Bonchev–Trinajstić information content (AvgIpc) is 3.24. The van der Waals surface area contributed by atoms with Crippen LogP contribution in [-0.4, -0.2) is 33.3 Å². The molecule has 1 aliphatic rings. The topological polar surface area (TPSA) is 75.7 Å². The molecule has 6 heteroatoms. The predicted octanol–water partition coefficient (Wildman–Crippen LogP) is 4.28. The van der Waals surface area contributed by atoms with Crippen molar-refractivity contribution in [3.8, 4) is 22.9 Å². The van der Waals surface area contributed by atoms with Crippen molar-refractivity contribution in [1.29, 1.82) is 0 Å². The van der Waals surface area contributed by atoms with Gasteiger partial charge in [0.2, 0.25) is 5.88 Å². The summed E-state index contributed by atoms with van der Waals surface area (Å²) in [6.45, 7) is 2.09. The molecule has 0 radical (unpaired) electrons. The third kappa shape index (κ3) is 3.34. The highest BCUT2D eigenvalue weighted by Gasteiger charge is 2.19. The molecule has 1 aromatic carbocycles. The van der Waals surface area contributed by atoms with E-state index in [1.807, 2.05) is 48.7 Å². The molecule has 1 saturated heterocycles. The van der Waals surface area contributed by atoms with Crippen molar-refractivity contribution in [3.63, 3.8) is 0 Å². The Kier molecular flexibility index (Phi) is 4.47. The number of pyridine rings is 2. The van der Waals surface area contributed by atoms with Crippen LogP contribution in [0.15, 0.2) is 60.9 Å². The van der Waals surface area contributed by atoms with Crippen molar-refractivity contribution in [1.82, 2.24) is 25.5 Å². The lowest BCUT2D eigenvalue weighted by atomic mass is 9.93. The second kappa shape index (κ2) is 7.40. The zero-order valence-corrected chi connectivity index (χ0v) is 15.4. The number of piperidine rings is 1. The molecular weight excluding hydrogens is 350 g/mol. The molecule has 0 bridgehead atoms. The van der Waals surface area contributed by atoms with Gasteiger partial charge in [0.15, 0.2) is 0 Å². The van der Waals surface area contributed by atoms with Gasteiger partial charge in [0.1, 0.15) is 5.75 Å². The molecule has 0 amide bonds. The number of ether oxygens (including phenoxy) is 1. The highest BCUT2D eigenvalue weighted by molar-refractivity contribution is 5.91. The fourth-order valence-electron chi connectivity index (χ4n) is 3.72. The number of aromatic nitrogens is 4. The molecule has 0 unspecified atom stereocenters. The van der Waals surface area contributed by atoms with Crippen LogP contribution in [0.25, 0.3) is 22.2 Å². The molecule has 0 saturated carbocycles. The van der Waals surface area contributed by atoms with Crippen molar-refractivity contribution < 1.29 is 4.74 Å². The normalized spacial score (nSPS) is 15.0. The number of aromatic amines is 1. The monoisotopic (exact) mass is 371 g/mol. The Morgan fingerprint density at radius 3 is 2.64 bits per heavy atom. The van der Waals surface area contributed by atoms with Crippen molar-refractivity contribution in [2.45, 2.75) is 18.8 Å². The zero-order chi connectivity index (χ0) is 18.8. The third-order valence-corrected chi connectivity index (χ3v) is 5.20. The minimum Gasteiger partial charge on any atom is -0.439 e. The van der Waals surface area contributed by atoms with Crippen molar-refractivity contribution in [2.75, 3.05) is 13.1 Å². The second-order valence-electron chi connectivity index (χ2n) is 7.05. The number of H-pyrrole nitrogens is 1. The number of hydrogen-bond donors (Lipinski definition) is 2. The SMILES string of the molecule is c1ccc(Oc2ccc(-c3nc(C4CCNCC4)cc4cn[nH]c34)cc2)nc1. The van der Waals surface area contributed by atoms with E-state index >= 15 is 0 Å². The average molecular weight is 371 g/mol. The molecule has 6 nitrogen and oxygen atoms in total. The predicted molar refractivity (Wildman–Crippen MR) is 108 cm³/mol. The van der Waals surface area contributed by atoms with Gasteiger partial charge in [-0.15, -0.1) is 0 Å². The molecule has 0 aliphatic carbocycles. The van der Waals surface area contributed by atoms with E-state index in [0.717, 1.165) is 59.5 Å². The maximum atomic E-state index is 5.80. The fraction of sp³-hybridized carbons (Fsp3) is 0.227. The van der Waals surface area contributed by atoms with Gasteiger partial charge in [-0.3, -0.25) is 10.1 Å². The molecule has 1 aliphatic heterocycles. The minimum atomic E-state index is 0.492. The van der Waals surface area contributed by atoms with Crippen LogP contribution in [0.4, 0.5) is 0 Å². The smallest absolute Gasteiger partial charge is 0.219 e. The molecule has 4 heterocycles. The first-order valence-corrected chi connectivity index (χ1v) is 9.61. The van der Waals surface area contributed by atoms with Gasteiger partial charge in [0.05, 0.1) is 17.4 Å². The Morgan fingerprint density at radius 1 is 1.00 bits per heavy atom. The molecule has 28 heavy (non-hydrogen) atoms. The van der Waals surface area contributed by atoms with Crippen molar-refractivity contribution in [3.05, 3.63) is 66.6 Å². The standard InChI is InChI=1S/C22H21N5O/c1-2-10-24-20(3-1)28-18-6-4-16(5-7-18)21-22-17(14-25-27-22)13-19(26-21)15-8-11-23-12-9-15/h1-7,10,13-15,23H,8-9,11-12H2,(H,25,27). The third-order valence-electron chi connectivity index (χ3n) is 5.20. The van der Waals surface area contributed by atoms with E-state index in [1.165, 1.54) is 0 Å².